The van der Waals surface area contributed by atoms with Gasteiger partial charge in [-0.3, -0.25) is 4.79 Å². The minimum Gasteiger partial charge on any atom is -0.497 e. The fourth-order valence-corrected chi connectivity index (χ4v) is 3.59. The number of carbonyl (C=O) groups is 2. The number of aromatic nitrogens is 2. The molecule has 0 saturated heterocycles. The molecule has 0 aliphatic carbocycles. The first kappa shape index (κ1) is 24.5. The van der Waals surface area contributed by atoms with E-state index in [-0.39, 0.29) is 13.1 Å². The largest absolute Gasteiger partial charge is 0.497 e. The second-order valence-corrected chi connectivity index (χ2v) is 7.89. The number of likely N-dealkylation sites (N-methyl/N-ethyl adjacent to an activating group) is 1. The first-order chi connectivity index (χ1) is 17.5. The van der Waals surface area contributed by atoms with Gasteiger partial charge >= 0.3 is 6.03 Å². The van der Waals surface area contributed by atoms with E-state index in [0.717, 1.165) is 11.3 Å². The number of carbonyl (C=O) groups excluding carboxylic acids is 2. The number of ether oxygens (including phenoxy) is 1. The molecule has 0 spiro atoms. The molecule has 0 unspecified atom stereocenters. The van der Waals surface area contributed by atoms with Crippen molar-refractivity contribution in [2.75, 3.05) is 30.8 Å². The molecule has 8 nitrogen and oxygen atoms in total. The number of urea groups is 1. The van der Waals surface area contributed by atoms with Gasteiger partial charge in [-0.05, 0) is 49.4 Å². The Balaban J connectivity index is 1.54. The van der Waals surface area contributed by atoms with Crippen LogP contribution in [0.1, 0.15) is 6.92 Å². The average molecular weight is 488 g/mol. The fourth-order valence-electron chi connectivity index (χ4n) is 3.59. The van der Waals surface area contributed by atoms with Crippen molar-refractivity contribution in [3.8, 4) is 22.7 Å². The maximum absolute atomic E-state index is 13.5. The Labute approximate surface area is 208 Å². The molecule has 36 heavy (non-hydrogen) atoms. The van der Waals surface area contributed by atoms with E-state index >= 15 is 0 Å². The molecule has 0 atom stereocenters. The average Bonchev–Trinajstić information content (AvgIpc) is 3.31. The molecule has 1 heterocycles. The molecule has 2 N–H and O–H groups in total. The number of anilines is 2. The summed E-state index contributed by atoms with van der Waals surface area (Å²) >= 11 is 0. The lowest BCUT2D eigenvalue weighted by molar-refractivity contribution is -0.116. The van der Waals surface area contributed by atoms with E-state index in [9.17, 15) is 14.0 Å². The van der Waals surface area contributed by atoms with Crippen molar-refractivity contribution in [1.82, 2.24) is 14.7 Å². The zero-order valence-corrected chi connectivity index (χ0v) is 19.9. The van der Waals surface area contributed by atoms with Crippen molar-refractivity contribution in [2.24, 2.45) is 0 Å². The zero-order valence-electron chi connectivity index (χ0n) is 19.9. The summed E-state index contributed by atoms with van der Waals surface area (Å²) in [5.74, 6) is 0.281. The standard InChI is InChI=1S/C27H26FN5O3/c1-3-32(27(35)29-21-11-7-10-20(28)16-21)18-26(34)30-25-17-24(19-8-5-4-6-9-19)31-33(25)22-12-14-23(36-2)15-13-22/h4-17H,3,18H2,1-2H3,(H,29,35)(H,30,34). The van der Waals surface area contributed by atoms with Gasteiger partial charge in [0.15, 0.2) is 0 Å². The number of nitrogens with one attached hydrogen (secondary N) is 2. The minimum absolute atomic E-state index is 0.202. The quantitative estimate of drug-likeness (QED) is 0.359. The third-order valence-electron chi connectivity index (χ3n) is 5.44. The van der Waals surface area contributed by atoms with Crippen LogP contribution in [0.2, 0.25) is 0 Å². The summed E-state index contributed by atoms with van der Waals surface area (Å²) in [5, 5.41) is 10.2. The molecule has 9 heteroatoms. The number of amides is 3. The second-order valence-electron chi connectivity index (χ2n) is 7.89. The van der Waals surface area contributed by atoms with Crippen LogP contribution in [0.15, 0.2) is 84.9 Å². The summed E-state index contributed by atoms with van der Waals surface area (Å²) in [7, 11) is 1.59. The van der Waals surface area contributed by atoms with Gasteiger partial charge in [-0.2, -0.15) is 5.10 Å². The van der Waals surface area contributed by atoms with E-state index in [1.54, 1.807) is 43.0 Å². The van der Waals surface area contributed by atoms with E-state index < -0.39 is 17.8 Å². The van der Waals surface area contributed by atoms with Crippen LogP contribution >= 0.6 is 0 Å². The topological polar surface area (TPSA) is 88.5 Å². The van der Waals surface area contributed by atoms with Crippen molar-refractivity contribution in [2.45, 2.75) is 6.92 Å². The summed E-state index contributed by atoms with van der Waals surface area (Å²) in [6.07, 6.45) is 0. The highest BCUT2D eigenvalue weighted by molar-refractivity contribution is 5.97. The lowest BCUT2D eigenvalue weighted by atomic mass is 10.1. The Kier molecular flexibility index (Phi) is 7.60. The first-order valence-corrected chi connectivity index (χ1v) is 11.4. The van der Waals surface area contributed by atoms with Gasteiger partial charge in [0.05, 0.1) is 18.5 Å². The molecule has 184 valence electrons. The van der Waals surface area contributed by atoms with Gasteiger partial charge in [-0.25, -0.2) is 13.9 Å². The second kappa shape index (κ2) is 11.2. The normalized spacial score (nSPS) is 10.5. The van der Waals surface area contributed by atoms with Crippen LogP contribution in [0.4, 0.5) is 20.7 Å². The third-order valence-corrected chi connectivity index (χ3v) is 5.44. The number of benzene rings is 3. The fraction of sp³-hybridized carbons (Fsp3) is 0.148. The molecular formula is C27H26FN5O3. The lowest BCUT2D eigenvalue weighted by Gasteiger charge is -2.21. The first-order valence-electron chi connectivity index (χ1n) is 11.4. The number of halogens is 1. The highest BCUT2D eigenvalue weighted by atomic mass is 19.1. The molecule has 3 amide bonds. The van der Waals surface area contributed by atoms with Crippen LogP contribution in [0, 0.1) is 5.82 Å². The van der Waals surface area contributed by atoms with E-state index in [2.05, 4.69) is 10.6 Å². The highest BCUT2D eigenvalue weighted by Crippen LogP contribution is 2.26. The summed E-state index contributed by atoms with van der Waals surface area (Å²) in [5.41, 5.74) is 2.61. The van der Waals surface area contributed by atoms with Crippen LogP contribution in [-0.2, 0) is 4.79 Å². The van der Waals surface area contributed by atoms with Crippen molar-refractivity contribution in [3.63, 3.8) is 0 Å². The summed E-state index contributed by atoms with van der Waals surface area (Å²) in [4.78, 5) is 27.0. The lowest BCUT2D eigenvalue weighted by Crippen LogP contribution is -2.40. The number of hydrogen-bond acceptors (Lipinski definition) is 4. The Morgan fingerprint density at radius 3 is 2.39 bits per heavy atom. The van der Waals surface area contributed by atoms with Crippen LogP contribution in [0.25, 0.3) is 16.9 Å². The molecule has 0 bridgehead atoms. The molecule has 4 aromatic rings. The minimum atomic E-state index is -0.508. The molecule has 0 fully saturated rings. The van der Waals surface area contributed by atoms with Gasteiger partial charge in [0.1, 0.15) is 23.9 Å². The number of hydrogen-bond donors (Lipinski definition) is 2. The predicted molar refractivity (Wildman–Crippen MR) is 137 cm³/mol. The smallest absolute Gasteiger partial charge is 0.322 e. The SMILES string of the molecule is CCN(CC(=O)Nc1cc(-c2ccccc2)nn1-c1ccc(OC)cc1)C(=O)Nc1cccc(F)c1. The Morgan fingerprint density at radius 1 is 0.972 bits per heavy atom. The maximum Gasteiger partial charge on any atom is 0.322 e. The van der Waals surface area contributed by atoms with Gasteiger partial charge in [0.2, 0.25) is 5.91 Å². The summed E-state index contributed by atoms with van der Waals surface area (Å²) < 4.78 is 20.3. The van der Waals surface area contributed by atoms with Crippen LogP contribution in [0.3, 0.4) is 0 Å². The Hall–Kier alpha value is -4.66. The molecular weight excluding hydrogens is 461 g/mol. The van der Waals surface area contributed by atoms with Crippen molar-refractivity contribution < 1.29 is 18.7 Å². The molecule has 0 saturated carbocycles. The van der Waals surface area contributed by atoms with Gasteiger partial charge in [-0.15, -0.1) is 0 Å². The van der Waals surface area contributed by atoms with Crippen molar-refractivity contribution >= 4 is 23.4 Å². The number of methoxy groups -OCH3 is 1. The number of nitrogens with zero attached hydrogens (tertiary/aromatic N) is 3. The van der Waals surface area contributed by atoms with E-state index in [1.807, 2.05) is 42.5 Å². The van der Waals surface area contributed by atoms with E-state index in [4.69, 9.17) is 9.84 Å². The Bertz CT molecular complexity index is 1340. The third kappa shape index (κ3) is 5.87. The molecule has 0 aliphatic rings. The van der Waals surface area contributed by atoms with Crippen molar-refractivity contribution in [3.05, 3.63) is 90.7 Å². The maximum atomic E-state index is 13.5. The van der Waals surface area contributed by atoms with Gasteiger partial charge in [-0.1, -0.05) is 36.4 Å². The number of rotatable bonds is 8. The van der Waals surface area contributed by atoms with Crippen LogP contribution in [0.5, 0.6) is 5.75 Å². The van der Waals surface area contributed by atoms with E-state index in [0.29, 0.717) is 22.9 Å². The molecule has 4 rings (SSSR count). The highest BCUT2D eigenvalue weighted by Gasteiger charge is 2.19. The van der Waals surface area contributed by atoms with Crippen molar-refractivity contribution in [1.29, 1.82) is 0 Å². The van der Waals surface area contributed by atoms with Crippen LogP contribution < -0.4 is 15.4 Å². The summed E-state index contributed by atoms with van der Waals surface area (Å²) in [6.45, 7) is 1.83. The molecule has 1 aromatic heterocycles. The zero-order chi connectivity index (χ0) is 25.5. The molecule has 0 radical (unpaired) electrons. The predicted octanol–water partition coefficient (Wildman–Crippen LogP) is 5.18. The Morgan fingerprint density at radius 2 is 1.72 bits per heavy atom. The van der Waals surface area contributed by atoms with Gasteiger partial charge in [0, 0.05) is 23.9 Å². The van der Waals surface area contributed by atoms with Gasteiger partial charge in [0.25, 0.3) is 0 Å². The molecule has 0 aliphatic heterocycles. The van der Waals surface area contributed by atoms with Crippen LogP contribution in [-0.4, -0.2) is 46.8 Å². The van der Waals surface area contributed by atoms with E-state index in [1.165, 1.54) is 23.1 Å². The summed E-state index contributed by atoms with van der Waals surface area (Å²) in [6, 6.07) is 23.7. The molecule has 3 aromatic carbocycles. The van der Waals surface area contributed by atoms with Gasteiger partial charge < -0.3 is 20.3 Å². The monoisotopic (exact) mass is 487 g/mol.